The molecule has 3 aromatic rings. The van der Waals surface area contributed by atoms with Crippen LogP contribution in [0.5, 0.6) is 0 Å². The van der Waals surface area contributed by atoms with Crippen LogP contribution in [-0.4, -0.2) is 46.7 Å². The van der Waals surface area contributed by atoms with Crippen molar-refractivity contribution in [2.24, 2.45) is 0 Å². The first-order valence-electron chi connectivity index (χ1n) is 8.78. The van der Waals surface area contributed by atoms with E-state index in [1.807, 2.05) is 16.8 Å². The molecule has 2 aromatic heterocycles. The summed E-state index contributed by atoms with van der Waals surface area (Å²) in [5, 5.41) is 14.7. The van der Waals surface area contributed by atoms with Gasteiger partial charge in [-0.2, -0.15) is 15.6 Å². The van der Waals surface area contributed by atoms with Crippen molar-refractivity contribution in [2.75, 3.05) is 13.1 Å². The number of rotatable bonds is 8. The van der Waals surface area contributed by atoms with Gasteiger partial charge in [-0.1, -0.05) is 19.1 Å². The zero-order valence-corrected chi connectivity index (χ0v) is 17.2. The molecule has 0 spiro atoms. The molecule has 1 aromatic carbocycles. The van der Waals surface area contributed by atoms with Crippen LogP contribution in [0.25, 0.3) is 5.69 Å². The summed E-state index contributed by atoms with van der Waals surface area (Å²) < 4.78 is 28.0. The first kappa shape index (κ1) is 20.2. The lowest BCUT2D eigenvalue weighted by molar-refractivity contribution is 0.0950. The molecule has 0 saturated carbocycles. The van der Waals surface area contributed by atoms with E-state index in [1.165, 1.54) is 28.6 Å². The fourth-order valence-electron chi connectivity index (χ4n) is 2.66. The Kier molecular flexibility index (Phi) is 6.22. The Hall–Kier alpha value is -2.56. The molecule has 1 N–H and O–H groups in total. The summed E-state index contributed by atoms with van der Waals surface area (Å²) in [6.07, 6.45) is 1.75. The van der Waals surface area contributed by atoms with Crippen molar-refractivity contribution in [3.05, 3.63) is 58.5 Å². The van der Waals surface area contributed by atoms with E-state index in [0.29, 0.717) is 24.3 Å². The zero-order valence-electron chi connectivity index (χ0n) is 15.6. The highest BCUT2D eigenvalue weighted by Gasteiger charge is 2.21. The van der Waals surface area contributed by atoms with Gasteiger partial charge in [-0.3, -0.25) is 4.79 Å². The van der Waals surface area contributed by atoms with Crippen molar-refractivity contribution in [3.63, 3.8) is 0 Å². The maximum absolute atomic E-state index is 12.5. The molecule has 0 saturated heterocycles. The quantitative estimate of drug-likeness (QED) is 0.604. The maximum atomic E-state index is 12.5. The van der Waals surface area contributed by atoms with Crippen molar-refractivity contribution in [3.8, 4) is 5.69 Å². The van der Waals surface area contributed by atoms with Gasteiger partial charge >= 0.3 is 0 Å². The van der Waals surface area contributed by atoms with Crippen LogP contribution < -0.4 is 5.32 Å². The molecule has 0 unspecified atom stereocenters. The molecule has 10 heteroatoms. The van der Waals surface area contributed by atoms with Gasteiger partial charge in [-0.15, -0.1) is 5.10 Å². The number of benzene rings is 1. The van der Waals surface area contributed by atoms with E-state index in [9.17, 15) is 13.2 Å². The summed E-state index contributed by atoms with van der Waals surface area (Å²) in [6, 6.07) is 7.85. The molecule has 28 heavy (non-hydrogen) atoms. The van der Waals surface area contributed by atoms with Gasteiger partial charge in [-0.25, -0.2) is 13.1 Å². The summed E-state index contributed by atoms with van der Waals surface area (Å²) in [5.41, 5.74) is 1.92. The molecule has 0 radical (unpaired) electrons. The second kappa shape index (κ2) is 8.63. The summed E-state index contributed by atoms with van der Waals surface area (Å²) in [6.45, 7) is 4.59. The van der Waals surface area contributed by atoms with Gasteiger partial charge in [0.25, 0.3) is 5.91 Å². The number of thiophene rings is 1. The first-order chi connectivity index (χ1) is 13.5. The van der Waals surface area contributed by atoms with Crippen LogP contribution in [0.1, 0.15) is 29.9 Å². The Morgan fingerprint density at radius 1 is 1.18 bits per heavy atom. The fourth-order valence-corrected chi connectivity index (χ4v) is 4.74. The van der Waals surface area contributed by atoms with E-state index in [-0.39, 0.29) is 17.3 Å². The Morgan fingerprint density at radius 2 is 1.89 bits per heavy atom. The van der Waals surface area contributed by atoms with Crippen LogP contribution in [0.2, 0.25) is 0 Å². The second-order valence-electron chi connectivity index (χ2n) is 5.93. The zero-order chi connectivity index (χ0) is 20.1. The number of amides is 1. The molecule has 0 fully saturated rings. The molecule has 0 aliphatic carbocycles. The maximum Gasteiger partial charge on any atom is 0.251 e. The highest BCUT2D eigenvalue weighted by Crippen LogP contribution is 2.16. The third-order valence-electron chi connectivity index (χ3n) is 4.20. The van der Waals surface area contributed by atoms with Gasteiger partial charge in [0.05, 0.1) is 23.3 Å². The van der Waals surface area contributed by atoms with Gasteiger partial charge in [0.15, 0.2) is 0 Å². The van der Waals surface area contributed by atoms with Crippen molar-refractivity contribution in [1.82, 2.24) is 24.6 Å². The van der Waals surface area contributed by atoms with Crippen molar-refractivity contribution in [2.45, 2.75) is 25.3 Å². The number of carbonyl (C=O) groups is 1. The summed E-state index contributed by atoms with van der Waals surface area (Å²) in [5.74, 6) is -0.308. The summed E-state index contributed by atoms with van der Waals surface area (Å²) in [4.78, 5) is 12.5. The highest BCUT2D eigenvalue weighted by molar-refractivity contribution is 7.89. The Balaban J connectivity index is 1.64. The van der Waals surface area contributed by atoms with Gasteiger partial charge in [0.2, 0.25) is 10.0 Å². The van der Waals surface area contributed by atoms with E-state index in [2.05, 4.69) is 15.6 Å². The van der Waals surface area contributed by atoms with Crippen molar-refractivity contribution >= 4 is 27.3 Å². The van der Waals surface area contributed by atoms with Crippen molar-refractivity contribution in [1.29, 1.82) is 0 Å². The standard InChI is InChI=1S/C18H21N5O3S2/c1-3-22(4-2)28(25,26)17-7-5-14(6-8-17)18(24)19-11-15-12-23(21-20-15)16-9-10-27-13-16/h5-10,12-13H,3-4,11H2,1-2H3,(H,19,24). The minimum absolute atomic E-state index is 0.173. The van der Waals surface area contributed by atoms with Gasteiger partial charge in [0, 0.05) is 24.0 Å². The summed E-state index contributed by atoms with van der Waals surface area (Å²) >= 11 is 1.56. The Morgan fingerprint density at radius 3 is 2.50 bits per heavy atom. The van der Waals surface area contributed by atoms with Crippen LogP contribution in [-0.2, 0) is 16.6 Å². The highest BCUT2D eigenvalue weighted by atomic mass is 32.2. The predicted molar refractivity (Wildman–Crippen MR) is 107 cm³/mol. The van der Waals surface area contributed by atoms with Gasteiger partial charge in [0.1, 0.15) is 5.69 Å². The van der Waals surface area contributed by atoms with E-state index in [0.717, 1.165) is 5.69 Å². The molecule has 1 amide bonds. The monoisotopic (exact) mass is 419 g/mol. The average molecular weight is 420 g/mol. The molecule has 0 aliphatic rings. The van der Waals surface area contributed by atoms with Crippen LogP contribution >= 0.6 is 11.3 Å². The van der Waals surface area contributed by atoms with E-state index in [4.69, 9.17) is 0 Å². The first-order valence-corrected chi connectivity index (χ1v) is 11.2. The van der Waals surface area contributed by atoms with E-state index >= 15 is 0 Å². The lowest BCUT2D eigenvalue weighted by Gasteiger charge is -2.18. The Labute approximate surface area is 167 Å². The largest absolute Gasteiger partial charge is 0.346 e. The number of aromatic nitrogens is 3. The predicted octanol–water partition coefficient (Wildman–Crippen LogP) is 2.29. The number of hydrogen-bond acceptors (Lipinski definition) is 6. The molecular weight excluding hydrogens is 398 g/mol. The van der Waals surface area contributed by atoms with E-state index in [1.54, 1.807) is 36.1 Å². The molecule has 0 atom stereocenters. The fraction of sp³-hybridized carbons (Fsp3) is 0.278. The molecule has 0 aliphatic heterocycles. The smallest absolute Gasteiger partial charge is 0.251 e. The lowest BCUT2D eigenvalue weighted by Crippen LogP contribution is -2.30. The number of nitrogens with one attached hydrogen (secondary N) is 1. The van der Waals surface area contributed by atoms with Crippen LogP contribution in [0.4, 0.5) is 0 Å². The third kappa shape index (κ3) is 4.29. The topological polar surface area (TPSA) is 97.2 Å². The molecule has 2 heterocycles. The average Bonchev–Trinajstić information content (AvgIpc) is 3.38. The molecular formula is C18H21N5O3S2. The van der Waals surface area contributed by atoms with Crippen LogP contribution in [0.3, 0.4) is 0 Å². The summed E-state index contributed by atoms with van der Waals surface area (Å²) in [7, 11) is -3.54. The second-order valence-corrected chi connectivity index (χ2v) is 8.65. The van der Waals surface area contributed by atoms with Gasteiger partial charge < -0.3 is 5.32 Å². The normalized spacial score (nSPS) is 11.7. The molecule has 0 bridgehead atoms. The molecule has 3 rings (SSSR count). The van der Waals surface area contributed by atoms with E-state index < -0.39 is 10.0 Å². The minimum Gasteiger partial charge on any atom is -0.346 e. The van der Waals surface area contributed by atoms with Crippen LogP contribution in [0, 0.1) is 0 Å². The molecule has 148 valence electrons. The molecule has 8 nitrogen and oxygen atoms in total. The number of hydrogen-bond donors (Lipinski definition) is 1. The third-order valence-corrected chi connectivity index (χ3v) is 6.94. The Bertz CT molecular complexity index is 1020. The lowest BCUT2D eigenvalue weighted by atomic mass is 10.2. The number of nitrogens with zero attached hydrogens (tertiary/aromatic N) is 4. The van der Waals surface area contributed by atoms with Crippen LogP contribution in [0.15, 0.2) is 52.2 Å². The van der Waals surface area contributed by atoms with Gasteiger partial charge in [-0.05, 0) is 35.7 Å². The van der Waals surface area contributed by atoms with Crippen molar-refractivity contribution < 1.29 is 13.2 Å². The number of carbonyl (C=O) groups excluding carboxylic acids is 1. The SMILES string of the molecule is CCN(CC)S(=O)(=O)c1ccc(C(=O)NCc2cn(-c3ccsc3)nn2)cc1. The minimum atomic E-state index is -3.54. The number of sulfonamides is 1.